The summed E-state index contributed by atoms with van der Waals surface area (Å²) in [6.07, 6.45) is 1.98. The fourth-order valence-electron chi connectivity index (χ4n) is 1.20. The van der Waals surface area contributed by atoms with E-state index in [2.05, 4.69) is 25.5 Å². The number of nitrogens with one attached hydrogen (secondary N) is 1. The van der Waals surface area contributed by atoms with Gasteiger partial charge in [-0.05, 0) is 6.92 Å². The summed E-state index contributed by atoms with van der Waals surface area (Å²) in [6, 6.07) is 0. The lowest BCUT2D eigenvalue weighted by Gasteiger charge is -2.06. The van der Waals surface area contributed by atoms with Crippen molar-refractivity contribution in [2.75, 3.05) is 0 Å². The van der Waals surface area contributed by atoms with Gasteiger partial charge < -0.3 is 5.11 Å². The highest BCUT2D eigenvalue weighted by Gasteiger charge is 2.18. The molecule has 0 saturated heterocycles. The lowest BCUT2D eigenvalue weighted by atomic mass is 10.2. The Hall–Kier alpha value is -1.76. The molecule has 2 heterocycles. The molecule has 7 nitrogen and oxygen atoms in total. The molecule has 0 saturated carbocycles. The van der Waals surface area contributed by atoms with Gasteiger partial charge in [-0.3, -0.25) is 0 Å². The molecule has 2 aromatic heterocycles. The van der Waals surface area contributed by atoms with Crippen LogP contribution in [-0.2, 0) is 6.54 Å². The Kier molecular flexibility index (Phi) is 2.23. The molecule has 0 bridgehead atoms. The number of aryl methyl sites for hydroxylation is 1. The maximum Gasteiger partial charge on any atom is 0.162 e. The molecule has 14 heavy (non-hydrogen) atoms. The van der Waals surface area contributed by atoms with Gasteiger partial charge in [-0.25, -0.2) is 9.67 Å². The third-order valence-corrected chi connectivity index (χ3v) is 1.90. The Morgan fingerprint density at radius 3 is 3.14 bits per heavy atom. The zero-order valence-electron chi connectivity index (χ0n) is 7.62. The summed E-state index contributed by atoms with van der Waals surface area (Å²) in [5.41, 5.74) is 0.438. The third kappa shape index (κ3) is 1.37. The Balaban J connectivity index is 2.31. The van der Waals surface area contributed by atoms with Crippen molar-refractivity contribution in [2.45, 2.75) is 19.6 Å². The van der Waals surface area contributed by atoms with Gasteiger partial charge in [0, 0.05) is 6.54 Å². The summed E-state index contributed by atoms with van der Waals surface area (Å²) < 4.78 is 1.61. The van der Waals surface area contributed by atoms with Crippen molar-refractivity contribution in [1.29, 1.82) is 0 Å². The Labute approximate surface area is 79.8 Å². The molecule has 0 radical (unpaired) electrons. The van der Waals surface area contributed by atoms with E-state index < -0.39 is 6.10 Å². The van der Waals surface area contributed by atoms with Crippen LogP contribution in [0, 0.1) is 0 Å². The molecule has 0 aliphatic carbocycles. The van der Waals surface area contributed by atoms with Gasteiger partial charge in [-0.2, -0.15) is 20.5 Å². The smallest absolute Gasteiger partial charge is 0.162 e. The van der Waals surface area contributed by atoms with Crippen molar-refractivity contribution >= 4 is 0 Å². The highest BCUT2D eigenvalue weighted by atomic mass is 16.3. The van der Waals surface area contributed by atoms with Crippen LogP contribution >= 0.6 is 0 Å². The summed E-state index contributed by atoms with van der Waals surface area (Å²) in [5, 5.41) is 23.6. The average molecular weight is 194 g/mol. The number of hydrogen-bond donors (Lipinski definition) is 2. The van der Waals surface area contributed by atoms with Crippen molar-refractivity contribution < 1.29 is 5.11 Å². The van der Waals surface area contributed by atoms with E-state index in [4.69, 9.17) is 0 Å². The summed E-state index contributed by atoms with van der Waals surface area (Å²) in [5.74, 6) is 0.474. The predicted octanol–water partition coefficient (Wildman–Crippen LogP) is -0.502. The first kappa shape index (κ1) is 8.82. The summed E-state index contributed by atoms with van der Waals surface area (Å²) in [7, 11) is 0. The number of aromatic amines is 1. The van der Waals surface area contributed by atoms with Crippen molar-refractivity contribution in [3.8, 4) is 0 Å². The van der Waals surface area contributed by atoms with E-state index in [9.17, 15) is 5.11 Å². The first-order chi connectivity index (χ1) is 6.83. The lowest BCUT2D eigenvalue weighted by molar-refractivity contribution is 0.198. The van der Waals surface area contributed by atoms with Gasteiger partial charge in [-0.1, -0.05) is 0 Å². The van der Waals surface area contributed by atoms with Gasteiger partial charge in [0.25, 0.3) is 0 Å². The first-order valence-corrected chi connectivity index (χ1v) is 4.24. The van der Waals surface area contributed by atoms with Crippen LogP contribution in [0.25, 0.3) is 0 Å². The van der Waals surface area contributed by atoms with Crippen LogP contribution in [0.4, 0.5) is 0 Å². The summed E-state index contributed by atoms with van der Waals surface area (Å²) in [4.78, 5) is 3.96. The fraction of sp³-hybridized carbons (Fsp3) is 0.429. The van der Waals surface area contributed by atoms with Crippen LogP contribution in [0.3, 0.4) is 0 Å². The second-order valence-corrected chi connectivity index (χ2v) is 2.73. The molecule has 0 amide bonds. The number of aliphatic hydroxyl groups is 1. The van der Waals surface area contributed by atoms with Gasteiger partial charge in [0.15, 0.2) is 11.9 Å². The number of rotatable bonds is 3. The highest BCUT2D eigenvalue weighted by Crippen LogP contribution is 2.15. The molecular weight excluding hydrogens is 184 g/mol. The van der Waals surface area contributed by atoms with Crippen LogP contribution in [0.5, 0.6) is 0 Å². The van der Waals surface area contributed by atoms with Crippen molar-refractivity contribution in [3.63, 3.8) is 0 Å². The quantitative estimate of drug-likeness (QED) is 0.687. The molecule has 2 N–H and O–H groups in total. The molecule has 0 aromatic carbocycles. The molecule has 74 valence electrons. The van der Waals surface area contributed by atoms with E-state index in [0.717, 1.165) is 0 Å². The van der Waals surface area contributed by atoms with Crippen molar-refractivity contribution in [2.24, 2.45) is 0 Å². The molecule has 2 rings (SSSR count). The van der Waals surface area contributed by atoms with E-state index in [-0.39, 0.29) is 0 Å². The lowest BCUT2D eigenvalue weighted by Crippen LogP contribution is -2.10. The van der Waals surface area contributed by atoms with Gasteiger partial charge in [-0.15, -0.1) is 0 Å². The summed E-state index contributed by atoms with van der Waals surface area (Å²) in [6.45, 7) is 2.58. The van der Waals surface area contributed by atoms with Gasteiger partial charge in [0.2, 0.25) is 0 Å². The Bertz CT molecular complexity index is 394. The number of H-pyrrole nitrogens is 1. The van der Waals surface area contributed by atoms with Crippen molar-refractivity contribution in [1.82, 2.24) is 30.2 Å². The predicted molar refractivity (Wildman–Crippen MR) is 46.1 cm³/mol. The minimum atomic E-state index is -0.879. The Morgan fingerprint density at radius 2 is 2.50 bits per heavy atom. The number of hydrogen-bond acceptors (Lipinski definition) is 5. The topological polar surface area (TPSA) is 92.5 Å². The molecule has 0 spiro atoms. The summed E-state index contributed by atoms with van der Waals surface area (Å²) >= 11 is 0. The number of aliphatic hydroxyl groups excluding tert-OH is 1. The van der Waals surface area contributed by atoms with Crippen LogP contribution in [0.1, 0.15) is 24.5 Å². The molecule has 1 unspecified atom stereocenters. The average Bonchev–Trinajstić information content (AvgIpc) is 2.87. The molecule has 2 aromatic rings. The zero-order chi connectivity index (χ0) is 9.97. The van der Waals surface area contributed by atoms with E-state index in [0.29, 0.717) is 18.1 Å². The van der Waals surface area contributed by atoms with Crippen LogP contribution in [0.15, 0.2) is 12.5 Å². The third-order valence-electron chi connectivity index (χ3n) is 1.90. The largest absolute Gasteiger partial charge is 0.379 e. The monoisotopic (exact) mass is 194 g/mol. The molecule has 0 fully saturated rings. The van der Waals surface area contributed by atoms with Crippen LogP contribution < -0.4 is 0 Å². The molecule has 0 aliphatic heterocycles. The molecule has 0 aliphatic rings. The fourth-order valence-corrected chi connectivity index (χ4v) is 1.20. The maximum absolute atomic E-state index is 9.84. The normalized spacial score (nSPS) is 13.0. The minimum absolute atomic E-state index is 0.438. The van der Waals surface area contributed by atoms with Gasteiger partial charge >= 0.3 is 0 Å². The van der Waals surface area contributed by atoms with E-state index in [1.54, 1.807) is 4.68 Å². The number of aromatic nitrogens is 6. The number of nitrogens with zero attached hydrogens (tertiary/aromatic N) is 5. The second kappa shape index (κ2) is 3.54. The van der Waals surface area contributed by atoms with E-state index in [1.165, 1.54) is 12.5 Å². The minimum Gasteiger partial charge on any atom is -0.379 e. The van der Waals surface area contributed by atoms with Crippen molar-refractivity contribution in [3.05, 3.63) is 24.0 Å². The van der Waals surface area contributed by atoms with E-state index >= 15 is 0 Å². The Morgan fingerprint density at radius 1 is 1.64 bits per heavy atom. The molecule has 7 heteroatoms. The van der Waals surface area contributed by atoms with E-state index in [1.807, 2.05) is 6.92 Å². The first-order valence-electron chi connectivity index (χ1n) is 4.24. The second-order valence-electron chi connectivity index (χ2n) is 2.73. The molecule has 1 atom stereocenters. The SMILES string of the molecule is CCn1ncnc1C(O)c1cn[nH]n1. The van der Waals surface area contributed by atoms with Gasteiger partial charge in [0.1, 0.15) is 12.0 Å². The zero-order valence-corrected chi connectivity index (χ0v) is 7.62. The standard InChI is InChI=1S/C7H10N6O/c1-2-13-7(8-4-10-13)6(14)5-3-9-12-11-5/h3-4,6,14H,2H2,1H3,(H,9,11,12). The highest BCUT2D eigenvalue weighted by molar-refractivity contribution is 5.08. The molecular formula is C7H10N6O. The van der Waals surface area contributed by atoms with Crippen LogP contribution in [0.2, 0.25) is 0 Å². The van der Waals surface area contributed by atoms with Gasteiger partial charge in [0.05, 0.1) is 6.20 Å². The maximum atomic E-state index is 9.84. The van der Waals surface area contributed by atoms with Crippen LogP contribution in [-0.4, -0.2) is 35.3 Å².